The molecule has 2 heteroatoms. The summed E-state index contributed by atoms with van der Waals surface area (Å²) in [6, 6.07) is 7.51. The highest BCUT2D eigenvalue weighted by molar-refractivity contribution is 5.26. The van der Waals surface area contributed by atoms with Gasteiger partial charge in [-0.3, -0.25) is 0 Å². The van der Waals surface area contributed by atoms with Crippen molar-refractivity contribution in [3.05, 3.63) is 35.6 Å². The van der Waals surface area contributed by atoms with E-state index >= 15 is 0 Å². The van der Waals surface area contributed by atoms with Crippen molar-refractivity contribution in [2.24, 2.45) is 17.8 Å². The van der Waals surface area contributed by atoms with Gasteiger partial charge in [0.1, 0.15) is 5.82 Å². The minimum Gasteiger partial charge on any atom is -0.316 e. The average Bonchev–Trinajstić information content (AvgIpc) is 3.07. The zero-order valence-electron chi connectivity index (χ0n) is 13.5. The lowest BCUT2D eigenvalue weighted by Crippen LogP contribution is -2.44. The van der Waals surface area contributed by atoms with Crippen LogP contribution >= 0.6 is 0 Å². The van der Waals surface area contributed by atoms with E-state index in [4.69, 9.17) is 0 Å². The molecule has 116 valence electrons. The molecule has 2 aliphatic rings. The van der Waals surface area contributed by atoms with E-state index in [1.54, 1.807) is 12.1 Å². The highest BCUT2D eigenvalue weighted by Crippen LogP contribution is 2.50. The van der Waals surface area contributed by atoms with E-state index in [0.29, 0.717) is 6.04 Å². The molecule has 0 radical (unpaired) electrons. The molecule has 1 N–H and O–H groups in total. The van der Waals surface area contributed by atoms with Crippen LogP contribution in [0.1, 0.15) is 51.5 Å². The molecule has 2 aliphatic carbocycles. The predicted molar refractivity (Wildman–Crippen MR) is 85.8 cm³/mol. The summed E-state index contributed by atoms with van der Waals surface area (Å²) in [5.74, 6) is 2.71. The van der Waals surface area contributed by atoms with Gasteiger partial charge in [0.15, 0.2) is 0 Å². The van der Waals surface area contributed by atoms with Crippen LogP contribution in [0.4, 0.5) is 4.39 Å². The summed E-state index contributed by atoms with van der Waals surface area (Å²) in [7, 11) is 2.07. The fraction of sp³-hybridized carbons (Fsp3) is 0.684. The van der Waals surface area contributed by atoms with Crippen molar-refractivity contribution in [3.63, 3.8) is 0 Å². The molecule has 21 heavy (non-hydrogen) atoms. The maximum Gasteiger partial charge on any atom is 0.123 e. The Bertz CT molecular complexity index is 479. The lowest BCUT2D eigenvalue weighted by molar-refractivity contribution is 0.236. The first-order valence-electron chi connectivity index (χ1n) is 8.44. The van der Waals surface area contributed by atoms with Crippen LogP contribution in [-0.2, 0) is 5.41 Å². The number of rotatable bonds is 5. The van der Waals surface area contributed by atoms with Gasteiger partial charge >= 0.3 is 0 Å². The van der Waals surface area contributed by atoms with Crippen LogP contribution in [0.25, 0.3) is 0 Å². The Hall–Kier alpha value is -0.890. The Labute approximate surface area is 128 Å². The molecule has 4 atom stereocenters. The summed E-state index contributed by atoms with van der Waals surface area (Å²) in [5.41, 5.74) is 1.26. The van der Waals surface area contributed by atoms with E-state index in [1.807, 2.05) is 12.1 Å². The van der Waals surface area contributed by atoms with Crippen molar-refractivity contribution in [3.8, 4) is 0 Å². The van der Waals surface area contributed by atoms with Gasteiger partial charge in [-0.2, -0.15) is 0 Å². The number of benzene rings is 1. The lowest BCUT2D eigenvalue weighted by atomic mass is 9.72. The minimum atomic E-state index is -0.149. The number of hydrogen-bond donors (Lipinski definition) is 1. The third-order valence-electron chi connectivity index (χ3n) is 6.23. The van der Waals surface area contributed by atoms with Crippen LogP contribution in [0, 0.1) is 23.6 Å². The number of halogens is 1. The number of likely N-dealkylation sites (N-methyl/N-ethyl adjacent to an activating group) is 1. The maximum absolute atomic E-state index is 13.2. The second-order valence-electron chi connectivity index (χ2n) is 7.74. The van der Waals surface area contributed by atoms with Crippen LogP contribution in [-0.4, -0.2) is 13.1 Å². The molecule has 0 aromatic heterocycles. The summed E-state index contributed by atoms with van der Waals surface area (Å²) < 4.78 is 13.2. The molecule has 0 amide bonds. The standard InChI is InChI=1S/C19H28FN/c1-19(2,16-6-8-17(20)9-7-16)18(21-3)12-15-11-13-4-5-14(15)10-13/h6-9,13-15,18,21H,4-5,10-12H2,1-3H3. The van der Waals surface area contributed by atoms with Gasteiger partial charge in [0.25, 0.3) is 0 Å². The molecule has 0 heterocycles. The fourth-order valence-corrected chi connectivity index (χ4v) is 4.82. The van der Waals surface area contributed by atoms with Crippen molar-refractivity contribution < 1.29 is 4.39 Å². The number of fused-ring (bicyclic) bond motifs is 2. The number of nitrogens with one attached hydrogen (secondary N) is 1. The van der Waals surface area contributed by atoms with E-state index in [-0.39, 0.29) is 11.2 Å². The highest BCUT2D eigenvalue weighted by atomic mass is 19.1. The van der Waals surface area contributed by atoms with Crippen LogP contribution in [0.5, 0.6) is 0 Å². The SMILES string of the molecule is CNC(CC1CC2CCC1C2)C(C)(C)c1ccc(F)cc1. The van der Waals surface area contributed by atoms with Crippen molar-refractivity contribution >= 4 is 0 Å². The zero-order chi connectivity index (χ0) is 15.0. The van der Waals surface area contributed by atoms with Gasteiger partial charge in [-0.1, -0.05) is 32.4 Å². The predicted octanol–water partition coefficient (Wildman–Crippen LogP) is 4.52. The lowest BCUT2D eigenvalue weighted by Gasteiger charge is -2.38. The van der Waals surface area contributed by atoms with Crippen LogP contribution in [0.2, 0.25) is 0 Å². The maximum atomic E-state index is 13.2. The van der Waals surface area contributed by atoms with E-state index < -0.39 is 0 Å². The number of hydrogen-bond acceptors (Lipinski definition) is 1. The Morgan fingerprint density at radius 2 is 1.90 bits per heavy atom. The molecule has 2 bridgehead atoms. The Morgan fingerprint density at radius 3 is 2.43 bits per heavy atom. The second-order valence-corrected chi connectivity index (χ2v) is 7.74. The molecule has 1 aromatic rings. The zero-order valence-corrected chi connectivity index (χ0v) is 13.5. The van der Waals surface area contributed by atoms with Gasteiger partial charge in [0, 0.05) is 11.5 Å². The first kappa shape index (κ1) is 15.0. The quantitative estimate of drug-likeness (QED) is 0.840. The Balaban J connectivity index is 1.73. The molecule has 3 rings (SSSR count). The normalized spacial score (nSPS) is 29.8. The van der Waals surface area contributed by atoms with Crippen LogP contribution < -0.4 is 5.32 Å². The monoisotopic (exact) mass is 289 g/mol. The van der Waals surface area contributed by atoms with Crippen molar-refractivity contribution in [1.82, 2.24) is 5.32 Å². The minimum absolute atomic E-state index is 0.0320. The summed E-state index contributed by atoms with van der Waals surface area (Å²) in [6.45, 7) is 4.57. The van der Waals surface area contributed by atoms with Crippen molar-refractivity contribution in [2.45, 2.75) is 57.4 Å². The van der Waals surface area contributed by atoms with E-state index in [9.17, 15) is 4.39 Å². The fourth-order valence-electron chi connectivity index (χ4n) is 4.82. The van der Waals surface area contributed by atoms with Crippen LogP contribution in [0.15, 0.2) is 24.3 Å². The molecule has 2 fully saturated rings. The van der Waals surface area contributed by atoms with Gasteiger partial charge in [0.05, 0.1) is 0 Å². The molecule has 1 aromatic carbocycles. The van der Waals surface area contributed by atoms with Gasteiger partial charge < -0.3 is 5.32 Å². The molecule has 4 unspecified atom stereocenters. The third-order valence-corrected chi connectivity index (χ3v) is 6.23. The summed E-state index contributed by atoms with van der Waals surface area (Å²) in [5, 5.41) is 3.55. The molecule has 1 nitrogen and oxygen atoms in total. The Morgan fingerprint density at radius 1 is 1.19 bits per heavy atom. The van der Waals surface area contributed by atoms with Crippen molar-refractivity contribution in [2.75, 3.05) is 7.05 Å². The van der Waals surface area contributed by atoms with Crippen LogP contribution in [0.3, 0.4) is 0 Å². The summed E-state index contributed by atoms with van der Waals surface area (Å²) in [4.78, 5) is 0. The van der Waals surface area contributed by atoms with E-state index in [0.717, 1.165) is 17.8 Å². The molecule has 0 spiro atoms. The molecule has 0 saturated heterocycles. The van der Waals surface area contributed by atoms with Gasteiger partial charge in [-0.05, 0) is 68.2 Å². The first-order chi connectivity index (χ1) is 10.0. The molecule has 0 aliphatic heterocycles. The summed E-state index contributed by atoms with van der Waals surface area (Å²) >= 11 is 0. The van der Waals surface area contributed by atoms with Gasteiger partial charge in [-0.25, -0.2) is 4.39 Å². The molecular formula is C19H28FN. The molecular weight excluding hydrogens is 261 g/mol. The average molecular weight is 289 g/mol. The van der Waals surface area contributed by atoms with E-state index in [1.165, 1.54) is 37.7 Å². The molecule has 2 saturated carbocycles. The van der Waals surface area contributed by atoms with E-state index in [2.05, 4.69) is 26.2 Å². The van der Waals surface area contributed by atoms with Gasteiger partial charge in [0.2, 0.25) is 0 Å². The first-order valence-corrected chi connectivity index (χ1v) is 8.44. The van der Waals surface area contributed by atoms with Crippen molar-refractivity contribution in [1.29, 1.82) is 0 Å². The Kier molecular flexibility index (Phi) is 4.09. The smallest absolute Gasteiger partial charge is 0.123 e. The largest absolute Gasteiger partial charge is 0.316 e. The summed E-state index contributed by atoms with van der Waals surface area (Å²) in [6.07, 6.45) is 7.07. The van der Waals surface area contributed by atoms with Gasteiger partial charge in [-0.15, -0.1) is 0 Å². The highest BCUT2D eigenvalue weighted by Gasteiger charge is 2.42. The second kappa shape index (κ2) is 5.72. The third kappa shape index (κ3) is 2.88. The topological polar surface area (TPSA) is 12.0 Å².